The lowest BCUT2D eigenvalue weighted by Gasteiger charge is -2.04. The lowest BCUT2D eigenvalue weighted by molar-refractivity contribution is 0.103. The fourth-order valence-corrected chi connectivity index (χ4v) is 2.27. The molecule has 0 fully saturated rings. The number of hydrogen-bond donors (Lipinski definition) is 0. The van der Waals surface area contributed by atoms with Gasteiger partial charge in [0.15, 0.2) is 0 Å². The molecular formula is C12H10ClNO2S. The number of aromatic nitrogens is 1. The molecule has 0 spiro atoms. The Labute approximate surface area is 108 Å². The van der Waals surface area contributed by atoms with Crippen molar-refractivity contribution in [1.82, 2.24) is 4.98 Å². The molecule has 0 saturated heterocycles. The third kappa shape index (κ3) is 2.48. The Balaban J connectivity index is 2.35. The molecule has 5 heteroatoms. The molecule has 0 aliphatic rings. The first-order valence-electron chi connectivity index (χ1n) is 4.92. The predicted octanol–water partition coefficient (Wildman–Crippen LogP) is 3.34. The first-order valence-corrected chi connectivity index (χ1v) is 6.18. The zero-order valence-electron chi connectivity index (χ0n) is 9.36. The lowest BCUT2D eigenvalue weighted by Crippen LogP contribution is -2.02. The second-order valence-corrected chi connectivity index (χ2v) is 4.90. The number of nitrogens with zero attached hydrogens (tertiary/aromatic N) is 1. The lowest BCUT2D eigenvalue weighted by atomic mass is 10.1. The summed E-state index contributed by atoms with van der Waals surface area (Å²) < 4.78 is 5.03. The highest BCUT2D eigenvalue weighted by atomic mass is 35.5. The highest BCUT2D eigenvalue weighted by Gasteiger charge is 2.13. The fourth-order valence-electron chi connectivity index (χ4n) is 1.42. The first-order chi connectivity index (χ1) is 8.11. The van der Waals surface area contributed by atoms with Crippen LogP contribution in [0, 0.1) is 6.92 Å². The number of methoxy groups -OCH3 is 1. The van der Waals surface area contributed by atoms with E-state index in [1.54, 1.807) is 23.6 Å². The second-order valence-electron chi connectivity index (χ2n) is 3.43. The molecule has 17 heavy (non-hydrogen) atoms. The molecule has 1 aromatic carbocycles. The molecule has 0 amide bonds. The van der Waals surface area contributed by atoms with Gasteiger partial charge in [0.1, 0.15) is 11.4 Å². The number of aryl methyl sites for hydroxylation is 1. The average Bonchev–Trinajstić information content (AvgIpc) is 2.75. The molecule has 0 aliphatic heterocycles. The van der Waals surface area contributed by atoms with Crippen LogP contribution in [0.3, 0.4) is 0 Å². The van der Waals surface area contributed by atoms with Gasteiger partial charge in [-0.2, -0.15) is 0 Å². The highest BCUT2D eigenvalue weighted by molar-refractivity contribution is 7.09. The Kier molecular flexibility index (Phi) is 3.45. The zero-order valence-corrected chi connectivity index (χ0v) is 10.9. The summed E-state index contributed by atoms with van der Waals surface area (Å²) >= 11 is 7.42. The Hall–Kier alpha value is -1.39. The largest absolute Gasteiger partial charge is 0.495 e. The van der Waals surface area contributed by atoms with Crippen LogP contribution >= 0.6 is 22.9 Å². The van der Waals surface area contributed by atoms with Crippen molar-refractivity contribution in [2.45, 2.75) is 6.92 Å². The van der Waals surface area contributed by atoms with Crippen molar-refractivity contribution in [3.05, 3.63) is 44.9 Å². The van der Waals surface area contributed by atoms with E-state index in [1.165, 1.54) is 18.4 Å². The number of ketones is 1. The van der Waals surface area contributed by atoms with E-state index in [4.69, 9.17) is 16.3 Å². The topological polar surface area (TPSA) is 39.2 Å². The van der Waals surface area contributed by atoms with Crippen LogP contribution in [-0.2, 0) is 0 Å². The van der Waals surface area contributed by atoms with Crippen LogP contribution in [0.15, 0.2) is 23.6 Å². The maximum atomic E-state index is 12.1. The highest BCUT2D eigenvalue weighted by Crippen LogP contribution is 2.26. The van der Waals surface area contributed by atoms with Crippen molar-refractivity contribution in [1.29, 1.82) is 0 Å². The Morgan fingerprint density at radius 2 is 2.24 bits per heavy atom. The number of thiazole rings is 1. The van der Waals surface area contributed by atoms with Gasteiger partial charge < -0.3 is 4.74 Å². The number of carbonyl (C=O) groups excluding carboxylic acids is 1. The summed E-state index contributed by atoms with van der Waals surface area (Å²) in [5, 5.41) is 3.04. The van der Waals surface area contributed by atoms with Gasteiger partial charge in [0.2, 0.25) is 5.78 Å². The van der Waals surface area contributed by atoms with E-state index in [2.05, 4.69) is 4.98 Å². The van der Waals surface area contributed by atoms with E-state index in [-0.39, 0.29) is 5.78 Å². The summed E-state index contributed by atoms with van der Waals surface area (Å²) in [6.07, 6.45) is 0. The van der Waals surface area contributed by atoms with Gasteiger partial charge >= 0.3 is 0 Å². The van der Waals surface area contributed by atoms with Gasteiger partial charge in [-0.25, -0.2) is 4.98 Å². The molecule has 0 unspecified atom stereocenters. The number of carbonyl (C=O) groups is 1. The van der Waals surface area contributed by atoms with E-state index in [0.29, 0.717) is 22.0 Å². The minimum atomic E-state index is -0.126. The number of halogens is 1. The third-order valence-electron chi connectivity index (χ3n) is 2.27. The van der Waals surface area contributed by atoms with E-state index >= 15 is 0 Å². The summed E-state index contributed by atoms with van der Waals surface area (Å²) in [6.45, 7) is 1.86. The van der Waals surface area contributed by atoms with Crippen molar-refractivity contribution >= 4 is 28.7 Å². The fraction of sp³-hybridized carbons (Fsp3) is 0.167. The van der Waals surface area contributed by atoms with Crippen LogP contribution in [0.25, 0.3) is 0 Å². The predicted molar refractivity (Wildman–Crippen MR) is 68.3 cm³/mol. The molecule has 0 aliphatic carbocycles. The summed E-state index contributed by atoms with van der Waals surface area (Å²) in [7, 11) is 1.53. The molecule has 2 aromatic rings. The average molecular weight is 268 g/mol. The Morgan fingerprint density at radius 1 is 1.47 bits per heavy atom. The quantitative estimate of drug-likeness (QED) is 0.801. The van der Waals surface area contributed by atoms with Crippen molar-refractivity contribution in [2.75, 3.05) is 7.11 Å². The summed E-state index contributed by atoms with van der Waals surface area (Å²) in [5.74, 6) is 0.427. The van der Waals surface area contributed by atoms with Crippen LogP contribution < -0.4 is 4.74 Å². The minimum Gasteiger partial charge on any atom is -0.495 e. The monoisotopic (exact) mass is 267 g/mol. The van der Waals surface area contributed by atoms with E-state index in [1.807, 2.05) is 6.92 Å². The molecule has 0 saturated carbocycles. The van der Waals surface area contributed by atoms with Gasteiger partial charge in [0.05, 0.1) is 17.1 Å². The molecule has 0 N–H and O–H groups in total. The molecular weight excluding hydrogens is 258 g/mol. The second kappa shape index (κ2) is 4.85. The molecule has 0 radical (unpaired) electrons. The van der Waals surface area contributed by atoms with Crippen molar-refractivity contribution in [3.63, 3.8) is 0 Å². The number of benzene rings is 1. The van der Waals surface area contributed by atoms with Crippen molar-refractivity contribution < 1.29 is 9.53 Å². The standard InChI is InChI=1S/C12H10ClNO2S/c1-7-14-10(6-17-7)12(15)8-3-4-11(16-2)9(13)5-8/h3-6H,1-2H3. The Bertz CT molecular complexity index is 565. The summed E-state index contributed by atoms with van der Waals surface area (Å²) in [5.41, 5.74) is 0.967. The summed E-state index contributed by atoms with van der Waals surface area (Å²) in [6, 6.07) is 4.95. The minimum absolute atomic E-state index is 0.126. The van der Waals surface area contributed by atoms with E-state index < -0.39 is 0 Å². The van der Waals surface area contributed by atoms with Gasteiger partial charge in [-0.15, -0.1) is 11.3 Å². The van der Waals surface area contributed by atoms with Crippen molar-refractivity contribution in [2.24, 2.45) is 0 Å². The van der Waals surface area contributed by atoms with Gasteiger partial charge in [-0.3, -0.25) is 4.79 Å². The van der Waals surface area contributed by atoms with E-state index in [0.717, 1.165) is 5.01 Å². The third-order valence-corrected chi connectivity index (χ3v) is 3.33. The maximum Gasteiger partial charge on any atom is 0.212 e. The number of hydrogen-bond acceptors (Lipinski definition) is 4. The van der Waals surface area contributed by atoms with E-state index in [9.17, 15) is 4.79 Å². The smallest absolute Gasteiger partial charge is 0.212 e. The first kappa shape index (κ1) is 12.1. The van der Waals surface area contributed by atoms with Crippen LogP contribution in [0.2, 0.25) is 5.02 Å². The van der Waals surface area contributed by atoms with Crippen LogP contribution in [-0.4, -0.2) is 17.9 Å². The van der Waals surface area contributed by atoms with Crippen LogP contribution in [0.5, 0.6) is 5.75 Å². The van der Waals surface area contributed by atoms with Crippen LogP contribution in [0.4, 0.5) is 0 Å². The van der Waals surface area contributed by atoms with Crippen molar-refractivity contribution in [3.8, 4) is 5.75 Å². The molecule has 0 atom stereocenters. The normalized spacial score (nSPS) is 10.3. The number of ether oxygens (including phenoxy) is 1. The molecule has 88 valence electrons. The van der Waals surface area contributed by atoms with Gasteiger partial charge in [0, 0.05) is 10.9 Å². The molecule has 1 aromatic heterocycles. The van der Waals surface area contributed by atoms with Gasteiger partial charge in [0.25, 0.3) is 0 Å². The maximum absolute atomic E-state index is 12.1. The molecule has 2 rings (SSSR count). The molecule has 3 nitrogen and oxygen atoms in total. The van der Waals surface area contributed by atoms with Gasteiger partial charge in [-0.1, -0.05) is 11.6 Å². The zero-order chi connectivity index (χ0) is 12.4. The SMILES string of the molecule is COc1ccc(C(=O)c2csc(C)n2)cc1Cl. The number of rotatable bonds is 3. The molecule has 0 bridgehead atoms. The summed E-state index contributed by atoms with van der Waals surface area (Å²) in [4.78, 5) is 16.2. The Morgan fingerprint density at radius 3 is 2.76 bits per heavy atom. The van der Waals surface area contributed by atoms with Gasteiger partial charge in [-0.05, 0) is 25.1 Å². The molecule has 1 heterocycles. The van der Waals surface area contributed by atoms with Crippen LogP contribution in [0.1, 0.15) is 21.1 Å².